The summed E-state index contributed by atoms with van der Waals surface area (Å²) in [6, 6.07) is 11.4. The zero-order valence-electron chi connectivity index (χ0n) is 13.3. The number of fused-ring (bicyclic) bond motifs is 3. The first-order valence-corrected chi connectivity index (χ1v) is 8.90. The van der Waals surface area contributed by atoms with Crippen LogP contribution in [0.1, 0.15) is 37.9 Å². The average molecular weight is 340 g/mol. The summed E-state index contributed by atoms with van der Waals surface area (Å²) in [7, 11) is 0. The molecule has 5 rings (SSSR count). The summed E-state index contributed by atoms with van der Waals surface area (Å²) in [5.41, 5.74) is 0.977. The second-order valence-electron chi connectivity index (χ2n) is 7.05. The first kappa shape index (κ1) is 14.3. The summed E-state index contributed by atoms with van der Waals surface area (Å²) in [6.45, 7) is 0. The summed E-state index contributed by atoms with van der Waals surface area (Å²) in [5, 5.41) is 9.61. The van der Waals surface area contributed by atoms with Crippen molar-refractivity contribution in [2.45, 2.75) is 37.5 Å². The lowest BCUT2D eigenvalue weighted by molar-refractivity contribution is 0.395. The Balaban J connectivity index is 1.59. The molecular formula is C19H18ClN3O. The summed E-state index contributed by atoms with van der Waals surface area (Å²) in [5.74, 6) is 3.30. The van der Waals surface area contributed by atoms with Crippen molar-refractivity contribution in [3.8, 4) is 11.5 Å². The topological polar surface area (TPSA) is 39.4 Å². The van der Waals surface area contributed by atoms with Crippen LogP contribution in [0.4, 0.5) is 0 Å². The van der Waals surface area contributed by atoms with Crippen LogP contribution >= 0.6 is 11.6 Å². The van der Waals surface area contributed by atoms with Gasteiger partial charge in [0.25, 0.3) is 0 Å². The van der Waals surface area contributed by atoms with Crippen molar-refractivity contribution in [3.05, 3.63) is 53.4 Å². The van der Waals surface area contributed by atoms with Crippen LogP contribution in [0.2, 0.25) is 5.02 Å². The van der Waals surface area contributed by atoms with Gasteiger partial charge >= 0.3 is 0 Å². The lowest BCUT2D eigenvalue weighted by Crippen LogP contribution is -2.23. The van der Waals surface area contributed by atoms with Gasteiger partial charge in [0.1, 0.15) is 11.6 Å². The Morgan fingerprint density at radius 3 is 2.58 bits per heavy atom. The van der Waals surface area contributed by atoms with E-state index in [0.717, 1.165) is 17.4 Å². The Morgan fingerprint density at radius 2 is 1.83 bits per heavy atom. The molecule has 0 saturated heterocycles. The summed E-state index contributed by atoms with van der Waals surface area (Å²) < 4.78 is 8.13. The Labute approximate surface area is 145 Å². The minimum Gasteiger partial charge on any atom is -0.452 e. The molecule has 0 spiro atoms. The molecule has 3 aromatic rings. The molecule has 2 aromatic heterocycles. The van der Waals surface area contributed by atoms with Gasteiger partial charge in [-0.25, -0.2) is 0 Å². The highest BCUT2D eigenvalue weighted by molar-refractivity contribution is 6.32. The van der Waals surface area contributed by atoms with E-state index in [1.807, 2.05) is 42.6 Å². The van der Waals surface area contributed by atoms with E-state index in [-0.39, 0.29) is 5.41 Å². The number of ether oxygens (including phenoxy) is 1. The Kier molecular flexibility index (Phi) is 3.10. The van der Waals surface area contributed by atoms with Gasteiger partial charge in [-0.2, -0.15) is 0 Å². The standard InChI is InChI=1S/C19H18ClN3O/c20-14-4-1-2-5-15(14)24-16-6-3-11-23-17(16)21-22-18(23)19-9-7-13(12-19)8-10-19/h1-6,11,13H,7-10,12H2. The fraction of sp³-hybridized carbons (Fsp3) is 0.368. The van der Waals surface area contributed by atoms with Crippen LogP contribution < -0.4 is 4.74 Å². The van der Waals surface area contributed by atoms with Gasteiger partial charge in [0, 0.05) is 11.6 Å². The lowest BCUT2D eigenvalue weighted by atomic mass is 9.83. The molecule has 0 atom stereocenters. The van der Waals surface area contributed by atoms with Crippen molar-refractivity contribution < 1.29 is 4.74 Å². The van der Waals surface area contributed by atoms with Gasteiger partial charge in [-0.15, -0.1) is 10.2 Å². The third-order valence-corrected chi connectivity index (χ3v) is 5.98. The Morgan fingerprint density at radius 1 is 1.04 bits per heavy atom. The quantitative estimate of drug-likeness (QED) is 0.673. The van der Waals surface area contributed by atoms with E-state index < -0.39 is 0 Å². The predicted molar refractivity (Wildman–Crippen MR) is 92.8 cm³/mol. The second-order valence-corrected chi connectivity index (χ2v) is 7.46. The van der Waals surface area contributed by atoms with Gasteiger partial charge in [0.2, 0.25) is 5.65 Å². The van der Waals surface area contributed by atoms with Crippen LogP contribution in [0.25, 0.3) is 5.65 Å². The fourth-order valence-corrected chi connectivity index (χ4v) is 4.66. The molecule has 2 bridgehead atoms. The van der Waals surface area contributed by atoms with Crippen molar-refractivity contribution in [2.24, 2.45) is 5.92 Å². The van der Waals surface area contributed by atoms with E-state index in [0.29, 0.717) is 16.5 Å². The number of aromatic nitrogens is 3. The van der Waals surface area contributed by atoms with Gasteiger partial charge in [-0.3, -0.25) is 4.40 Å². The molecule has 24 heavy (non-hydrogen) atoms. The van der Waals surface area contributed by atoms with Crippen LogP contribution in [0.3, 0.4) is 0 Å². The molecule has 0 amide bonds. The van der Waals surface area contributed by atoms with Crippen molar-refractivity contribution >= 4 is 17.2 Å². The number of rotatable bonds is 3. The molecule has 0 unspecified atom stereocenters. The molecule has 1 aromatic carbocycles. The molecule has 2 aliphatic rings. The zero-order valence-corrected chi connectivity index (χ0v) is 14.0. The molecule has 2 fully saturated rings. The van der Waals surface area contributed by atoms with E-state index in [9.17, 15) is 0 Å². The zero-order chi connectivity index (χ0) is 16.1. The third kappa shape index (κ3) is 2.06. The molecule has 0 aliphatic heterocycles. The highest BCUT2D eigenvalue weighted by Gasteiger charge is 2.48. The predicted octanol–water partition coefficient (Wildman–Crippen LogP) is 5.01. The lowest BCUT2D eigenvalue weighted by Gasteiger charge is -2.24. The molecule has 2 saturated carbocycles. The fourth-order valence-electron chi connectivity index (χ4n) is 4.48. The Hall–Kier alpha value is -2.07. The molecule has 122 valence electrons. The number of para-hydroxylation sites is 1. The number of nitrogens with zero attached hydrogens (tertiary/aromatic N) is 3. The normalized spacial score (nSPS) is 25.5. The largest absolute Gasteiger partial charge is 0.452 e. The maximum absolute atomic E-state index is 6.22. The summed E-state index contributed by atoms with van der Waals surface area (Å²) in [6.07, 6.45) is 8.41. The molecule has 5 heteroatoms. The highest BCUT2D eigenvalue weighted by Crippen LogP contribution is 2.54. The van der Waals surface area contributed by atoms with Crippen LogP contribution in [-0.4, -0.2) is 14.6 Å². The van der Waals surface area contributed by atoms with Gasteiger partial charge in [-0.1, -0.05) is 23.7 Å². The van der Waals surface area contributed by atoms with Crippen molar-refractivity contribution in [2.75, 3.05) is 0 Å². The highest BCUT2D eigenvalue weighted by atomic mass is 35.5. The molecule has 2 aliphatic carbocycles. The molecular weight excluding hydrogens is 322 g/mol. The number of hydrogen-bond acceptors (Lipinski definition) is 3. The van der Waals surface area contributed by atoms with E-state index in [1.54, 1.807) is 0 Å². The smallest absolute Gasteiger partial charge is 0.203 e. The second kappa shape index (κ2) is 5.21. The van der Waals surface area contributed by atoms with E-state index >= 15 is 0 Å². The van der Waals surface area contributed by atoms with Crippen LogP contribution in [0.15, 0.2) is 42.6 Å². The van der Waals surface area contributed by atoms with Crippen molar-refractivity contribution in [3.63, 3.8) is 0 Å². The van der Waals surface area contributed by atoms with E-state index in [2.05, 4.69) is 14.6 Å². The van der Waals surface area contributed by atoms with Crippen LogP contribution in [-0.2, 0) is 5.41 Å². The number of halogens is 1. The Bertz CT molecular complexity index is 912. The van der Waals surface area contributed by atoms with Gasteiger partial charge in [0.05, 0.1) is 5.02 Å². The molecule has 2 heterocycles. The number of pyridine rings is 1. The first-order chi connectivity index (χ1) is 11.8. The average Bonchev–Trinajstić information content (AvgIpc) is 3.31. The molecule has 4 nitrogen and oxygen atoms in total. The van der Waals surface area contributed by atoms with Gasteiger partial charge in [0.15, 0.2) is 5.75 Å². The SMILES string of the molecule is Clc1ccccc1Oc1cccn2c(C34CCC(CC3)C4)nnc12. The number of benzene rings is 1. The van der Waals surface area contributed by atoms with Gasteiger partial charge in [-0.05, 0) is 62.3 Å². The summed E-state index contributed by atoms with van der Waals surface area (Å²) in [4.78, 5) is 0. The van der Waals surface area contributed by atoms with E-state index in [1.165, 1.54) is 32.1 Å². The van der Waals surface area contributed by atoms with Crippen LogP contribution in [0, 0.1) is 5.92 Å². The third-order valence-electron chi connectivity index (χ3n) is 5.67. The van der Waals surface area contributed by atoms with Crippen LogP contribution in [0.5, 0.6) is 11.5 Å². The number of hydrogen-bond donors (Lipinski definition) is 0. The monoisotopic (exact) mass is 339 g/mol. The molecule has 0 radical (unpaired) electrons. The minimum absolute atomic E-state index is 0.215. The molecule has 0 N–H and O–H groups in total. The van der Waals surface area contributed by atoms with Gasteiger partial charge < -0.3 is 4.74 Å². The maximum Gasteiger partial charge on any atom is 0.203 e. The van der Waals surface area contributed by atoms with E-state index in [4.69, 9.17) is 16.3 Å². The van der Waals surface area contributed by atoms with Crippen molar-refractivity contribution in [1.82, 2.24) is 14.6 Å². The minimum atomic E-state index is 0.215. The summed E-state index contributed by atoms with van der Waals surface area (Å²) >= 11 is 6.22. The first-order valence-electron chi connectivity index (χ1n) is 8.52. The van der Waals surface area contributed by atoms with Crippen molar-refractivity contribution in [1.29, 1.82) is 0 Å². The maximum atomic E-state index is 6.22.